The van der Waals surface area contributed by atoms with E-state index in [0.29, 0.717) is 0 Å². The van der Waals surface area contributed by atoms with Crippen LogP contribution in [-0.2, 0) is 0 Å². The molecule has 1 aromatic heterocycles. The van der Waals surface area contributed by atoms with Gasteiger partial charge in [0.25, 0.3) is 0 Å². The van der Waals surface area contributed by atoms with Crippen LogP contribution in [-0.4, -0.2) is 11.2 Å². The van der Waals surface area contributed by atoms with Crippen molar-refractivity contribution in [1.29, 1.82) is 0 Å². The summed E-state index contributed by atoms with van der Waals surface area (Å²) in [6.07, 6.45) is 5.26. The average Bonchev–Trinajstić information content (AvgIpc) is 2.33. The van der Waals surface area contributed by atoms with Gasteiger partial charge in [-0.15, -0.1) is 0 Å². The van der Waals surface area contributed by atoms with Crippen LogP contribution >= 0.6 is 0 Å². The fourth-order valence-electron chi connectivity index (χ4n) is 1.32. The van der Waals surface area contributed by atoms with Crippen LogP contribution in [0.15, 0.2) is 53.9 Å². The van der Waals surface area contributed by atoms with E-state index >= 15 is 0 Å². The molecule has 0 aliphatic carbocycles. The first-order valence-electron chi connectivity index (χ1n) is 5.11. The number of rotatable bonds is 3. The predicted octanol–water partition coefficient (Wildman–Crippen LogP) is 2.84. The molecule has 1 heterocycles. The summed E-state index contributed by atoms with van der Waals surface area (Å²) in [5.74, 6) is 0. The molecule has 1 N–H and O–H groups in total. The van der Waals surface area contributed by atoms with Crippen molar-refractivity contribution in [1.82, 2.24) is 4.98 Å². The normalized spacial score (nSPS) is 10.6. The number of pyridine rings is 1. The maximum atomic E-state index is 4.17. The third kappa shape index (κ3) is 2.67. The first-order chi connectivity index (χ1) is 7.86. The smallest absolute Gasteiger partial charge is 0.0590 e. The second kappa shape index (κ2) is 5.07. The van der Waals surface area contributed by atoms with Crippen LogP contribution in [0.5, 0.6) is 0 Å². The number of anilines is 1. The lowest BCUT2D eigenvalue weighted by Gasteiger charge is -2.02. The number of aryl methyl sites for hydroxylation is 1. The minimum atomic E-state index is 1.02. The Morgan fingerprint density at radius 3 is 2.62 bits per heavy atom. The molecule has 0 aliphatic rings. The predicted molar refractivity (Wildman–Crippen MR) is 66.6 cm³/mol. The summed E-state index contributed by atoms with van der Waals surface area (Å²) in [5.41, 5.74) is 6.23. The zero-order chi connectivity index (χ0) is 11.2. The van der Waals surface area contributed by atoms with Gasteiger partial charge < -0.3 is 0 Å². The van der Waals surface area contributed by atoms with E-state index in [9.17, 15) is 0 Å². The molecule has 1 aromatic carbocycles. The fraction of sp³-hybridized carbons (Fsp3) is 0.0769. The molecule has 0 amide bonds. The lowest BCUT2D eigenvalue weighted by molar-refractivity contribution is 1.30. The zero-order valence-electron chi connectivity index (χ0n) is 9.09. The number of para-hydroxylation sites is 1. The molecular weight excluding hydrogens is 198 g/mol. The van der Waals surface area contributed by atoms with Gasteiger partial charge >= 0.3 is 0 Å². The maximum absolute atomic E-state index is 4.17. The van der Waals surface area contributed by atoms with Gasteiger partial charge in [0, 0.05) is 12.4 Å². The molecule has 3 heteroatoms. The number of hydrazone groups is 1. The van der Waals surface area contributed by atoms with Crippen LogP contribution in [0.4, 0.5) is 5.69 Å². The Morgan fingerprint density at radius 2 is 1.88 bits per heavy atom. The summed E-state index contributed by atoms with van der Waals surface area (Å²) < 4.78 is 0. The second-order valence-electron chi connectivity index (χ2n) is 3.47. The molecule has 80 valence electrons. The van der Waals surface area contributed by atoms with Crippen LogP contribution in [0.25, 0.3) is 0 Å². The van der Waals surface area contributed by atoms with Gasteiger partial charge in [-0.05, 0) is 36.2 Å². The van der Waals surface area contributed by atoms with Crippen molar-refractivity contribution in [2.75, 3.05) is 5.43 Å². The van der Waals surface area contributed by atoms with Gasteiger partial charge in [0.2, 0.25) is 0 Å². The zero-order valence-corrected chi connectivity index (χ0v) is 9.09. The molecule has 0 unspecified atom stereocenters. The Hall–Kier alpha value is -2.16. The highest BCUT2D eigenvalue weighted by Crippen LogP contribution is 2.12. The molecule has 0 fully saturated rings. The van der Waals surface area contributed by atoms with Crippen LogP contribution in [0.2, 0.25) is 0 Å². The molecule has 0 radical (unpaired) electrons. The minimum Gasteiger partial charge on any atom is -0.278 e. The van der Waals surface area contributed by atoms with Crippen molar-refractivity contribution in [3.63, 3.8) is 0 Å². The number of nitrogens with one attached hydrogen (secondary N) is 1. The standard InChI is InChI=1S/C13H13N3/c1-11-4-2-3-5-13(11)16-15-10-12-6-8-14-9-7-12/h2-10,16H,1H3. The summed E-state index contributed by atoms with van der Waals surface area (Å²) in [4.78, 5) is 3.94. The Kier molecular flexibility index (Phi) is 3.28. The van der Waals surface area contributed by atoms with Crippen LogP contribution in [0.3, 0.4) is 0 Å². The van der Waals surface area contributed by atoms with Crippen molar-refractivity contribution in [3.05, 3.63) is 59.9 Å². The summed E-state index contributed by atoms with van der Waals surface area (Å²) in [5, 5.41) is 4.17. The van der Waals surface area contributed by atoms with Crippen LogP contribution < -0.4 is 5.43 Å². The lowest BCUT2D eigenvalue weighted by Crippen LogP contribution is -1.92. The van der Waals surface area contributed by atoms with E-state index < -0.39 is 0 Å². The quantitative estimate of drug-likeness (QED) is 0.626. The largest absolute Gasteiger partial charge is 0.278 e. The third-order valence-electron chi connectivity index (χ3n) is 2.25. The highest BCUT2D eigenvalue weighted by Gasteiger charge is 1.92. The summed E-state index contributed by atoms with van der Waals surface area (Å²) in [7, 11) is 0. The molecule has 2 rings (SSSR count). The van der Waals surface area contributed by atoms with Crippen molar-refractivity contribution in [2.24, 2.45) is 5.10 Å². The topological polar surface area (TPSA) is 37.3 Å². The van der Waals surface area contributed by atoms with E-state index in [4.69, 9.17) is 0 Å². The molecule has 0 atom stereocenters. The molecule has 0 saturated carbocycles. The van der Waals surface area contributed by atoms with Gasteiger partial charge in [-0.3, -0.25) is 10.4 Å². The first-order valence-corrected chi connectivity index (χ1v) is 5.11. The number of hydrogen-bond donors (Lipinski definition) is 1. The average molecular weight is 211 g/mol. The van der Waals surface area contributed by atoms with Gasteiger partial charge in [-0.25, -0.2) is 0 Å². The number of benzene rings is 1. The van der Waals surface area contributed by atoms with Crippen molar-refractivity contribution < 1.29 is 0 Å². The van der Waals surface area contributed by atoms with Crippen LogP contribution in [0, 0.1) is 6.92 Å². The van der Waals surface area contributed by atoms with Gasteiger partial charge in [0.1, 0.15) is 0 Å². The SMILES string of the molecule is Cc1ccccc1NN=Cc1ccncc1. The lowest BCUT2D eigenvalue weighted by atomic mass is 10.2. The van der Waals surface area contributed by atoms with Crippen molar-refractivity contribution in [3.8, 4) is 0 Å². The molecule has 2 aromatic rings. The number of aromatic nitrogens is 1. The van der Waals surface area contributed by atoms with Crippen molar-refractivity contribution >= 4 is 11.9 Å². The maximum Gasteiger partial charge on any atom is 0.0590 e. The molecule has 0 aliphatic heterocycles. The monoisotopic (exact) mass is 211 g/mol. The molecule has 0 saturated heterocycles. The van der Waals surface area contributed by atoms with E-state index in [-0.39, 0.29) is 0 Å². The van der Waals surface area contributed by atoms with Crippen LogP contribution in [0.1, 0.15) is 11.1 Å². The number of hydrogen-bond acceptors (Lipinski definition) is 3. The molecule has 0 spiro atoms. The van der Waals surface area contributed by atoms with E-state index in [1.165, 1.54) is 5.56 Å². The molecule has 3 nitrogen and oxygen atoms in total. The second-order valence-corrected chi connectivity index (χ2v) is 3.47. The fourth-order valence-corrected chi connectivity index (χ4v) is 1.32. The van der Waals surface area contributed by atoms with Crippen molar-refractivity contribution in [2.45, 2.75) is 6.92 Å². The highest BCUT2D eigenvalue weighted by molar-refractivity contribution is 5.79. The molecular formula is C13H13N3. The third-order valence-corrected chi connectivity index (χ3v) is 2.25. The number of nitrogens with zero attached hydrogens (tertiary/aromatic N) is 2. The minimum absolute atomic E-state index is 1.02. The van der Waals surface area contributed by atoms with Gasteiger partial charge in [-0.1, -0.05) is 18.2 Å². The van der Waals surface area contributed by atoms with E-state index in [1.807, 2.05) is 43.3 Å². The first kappa shape index (κ1) is 10.4. The van der Waals surface area contributed by atoms with E-state index in [0.717, 1.165) is 11.3 Å². The van der Waals surface area contributed by atoms with Gasteiger partial charge in [0.05, 0.1) is 11.9 Å². The molecule has 16 heavy (non-hydrogen) atoms. The van der Waals surface area contributed by atoms with E-state index in [1.54, 1.807) is 18.6 Å². The summed E-state index contributed by atoms with van der Waals surface area (Å²) >= 11 is 0. The van der Waals surface area contributed by atoms with Gasteiger partial charge in [-0.2, -0.15) is 5.10 Å². The Morgan fingerprint density at radius 1 is 1.12 bits per heavy atom. The Balaban J connectivity index is 2.03. The summed E-state index contributed by atoms with van der Waals surface area (Å²) in [6.45, 7) is 2.05. The Labute approximate surface area is 94.9 Å². The highest BCUT2D eigenvalue weighted by atomic mass is 15.3. The summed E-state index contributed by atoms with van der Waals surface area (Å²) in [6, 6.07) is 11.8. The molecule has 0 bridgehead atoms. The Bertz CT molecular complexity index is 478. The van der Waals surface area contributed by atoms with E-state index in [2.05, 4.69) is 15.5 Å². The van der Waals surface area contributed by atoms with Gasteiger partial charge in [0.15, 0.2) is 0 Å².